The Balaban J connectivity index is 0. The van der Waals surface area contributed by atoms with Crippen LogP contribution >= 0.6 is 0 Å². The van der Waals surface area contributed by atoms with E-state index in [0.29, 0.717) is 25.7 Å². The number of hydrogen-bond donors (Lipinski definition) is 0. The predicted octanol–water partition coefficient (Wildman–Crippen LogP) is -0.217. The topological polar surface area (TPSA) is 86.7 Å². The second-order valence-corrected chi connectivity index (χ2v) is 7.43. The molecule has 0 aliphatic carbocycles. The van der Waals surface area contributed by atoms with Crippen LogP contribution in [0.3, 0.4) is 0 Å². The first kappa shape index (κ1) is 21.1. The molecule has 0 spiro atoms. The number of unbranched alkanes of at least 4 members (excludes halogenated alkanes) is 3. The normalized spacial score (nSPS) is 12.1. The Hall–Kier alpha value is 1.78. The van der Waals surface area contributed by atoms with Crippen molar-refractivity contribution in [2.45, 2.75) is 25.7 Å². The fourth-order valence-corrected chi connectivity index (χ4v) is 1.93. The van der Waals surface area contributed by atoms with E-state index in [0.717, 1.165) is 0 Å². The van der Waals surface area contributed by atoms with E-state index in [9.17, 15) is 16.8 Å². The van der Waals surface area contributed by atoms with Gasteiger partial charge in [0.25, 0.3) is 0 Å². The fourth-order valence-electron chi connectivity index (χ4n) is 0.880. The Kier molecular flexibility index (Phi) is 13.1. The molecular weight excluding hydrogens is 336 g/mol. The van der Waals surface area contributed by atoms with Gasteiger partial charge >= 0.3 is 37.7 Å². The van der Waals surface area contributed by atoms with E-state index < -0.39 is 18.3 Å². The summed E-state index contributed by atoms with van der Waals surface area (Å²) in [5.41, 5.74) is 0. The molecule has 0 radical (unpaired) electrons. The summed E-state index contributed by atoms with van der Waals surface area (Å²) in [6, 6.07) is 0. The van der Waals surface area contributed by atoms with Crippen molar-refractivity contribution in [3.05, 3.63) is 0 Å². The van der Waals surface area contributed by atoms with Crippen LogP contribution in [-0.4, -0.2) is 67.8 Å². The van der Waals surface area contributed by atoms with Crippen molar-refractivity contribution >= 4 is 79.4 Å². The van der Waals surface area contributed by atoms with E-state index in [-0.39, 0.29) is 51.0 Å². The second-order valence-electron chi connectivity index (χ2n) is 2.87. The van der Waals surface area contributed by atoms with Crippen LogP contribution in [0.4, 0.5) is 0 Å². The maximum absolute atomic E-state index is 10.4. The molecule has 0 atom stereocenters. The van der Waals surface area contributed by atoms with Gasteiger partial charge in [0.05, 0.1) is 13.2 Å². The van der Waals surface area contributed by atoms with Crippen molar-refractivity contribution in [3.8, 4) is 0 Å². The van der Waals surface area contributed by atoms with E-state index in [2.05, 4.69) is 31.7 Å². The zero-order valence-electron chi connectivity index (χ0n) is 9.03. The van der Waals surface area contributed by atoms with Gasteiger partial charge in [-0.05, 0) is 12.8 Å². The van der Waals surface area contributed by atoms with Gasteiger partial charge in [-0.15, -0.1) is 0 Å². The fraction of sp³-hybridized carbons (Fsp3) is 1.00. The average molecular weight is 349 g/mol. The molecule has 6 nitrogen and oxygen atoms in total. The molecule has 11 heteroatoms. The van der Waals surface area contributed by atoms with Gasteiger partial charge in [-0.3, -0.25) is 8.37 Å². The Bertz CT molecular complexity index is 339. The van der Waals surface area contributed by atoms with Crippen LogP contribution in [0.25, 0.3) is 0 Å². The predicted molar refractivity (Wildman–Crippen MR) is 68.7 cm³/mol. The van der Waals surface area contributed by atoms with Crippen LogP contribution in [0.15, 0.2) is 0 Å². The number of hydrogen-bond acceptors (Lipinski definition) is 8. The SMILES string of the molecule is O=S(=O)([S-])OCCCCCCOS(=O)(=O)[S-].[Ca+2]. The van der Waals surface area contributed by atoms with Gasteiger partial charge in [0.15, 0.2) is 0 Å². The van der Waals surface area contributed by atoms with Crippen molar-refractivity contribution in [1.82, 2.24) is 0 Å². The Morgan fingerprint density at radius 2 is 1.00 bits per heavy atom. The molecule has 98 valence electrons. The third-order valence-electron chi connectivity index (χ3n) is 1.49. The van der Waals surface area contributed by atoms with Gasteiger partial charge in [0, 0.05) is 0 Å². The summed E-state index contributed by atoms with van der Waals surface area (Å²) in [5, 5.41) is 0. The molecule has 0 amide bonds. The van der Waals surface area contributed by atoms with Crippen LogP contribution < -0.4 is 0 Å². The van der Waals surface area contributed by atoms with Crippen LogP contribution in [0.2, 0.25) is 0 Å². The van der Waals surface area contributed by atoms with Gasteiger partial charge in [0.1, 0.15) is 18.3 Å². The summed E-state index contributed by atoms with van der Waals surface area (Å²) in [6.07, 6.45) is 2.48. The minimum Gasteiger partial charge on any atom is -0.619 e. The summed E-state index contributed by atoms with van der Waals surface area (Å²) in [6.45, 7) is 0.0953. The molecule has 0 saturated carbocycles. The van der Waals surface area contributed by atoms with Crippen molar-refractivity contribution in [2.24, 2.45) is 0 Å². The van der Waals surface area contributed by atoms with Crippen molar-refractivity contribution in [1.29, 1.82) is 0 Å². The monoisotopic (exact) mass is 348 g/mol. The molecule has 0 saturated heterocycles. The van der Waals surface area contributed by atoms with Crippen LogP contribution in [0.5, 0.6) is 0 Å². The average Bonchev–Trinajstić information content (AvgIpc) is 2.06. The van der Waals surface area contributed by atoms with Gasteiger partial charge in [-0.25, -0.2) is 16.8 Å². The van der Waals surface area contributed by atoms with Crippen molar-refractivity contribution in [2.75, 3.05) is 13.2 Å². The number of rotatable bonds is 9. The van der Waals surface area contributed by atoms with Crippen LogP contribution in [0, 0.1) is 0 Å². The summed E-state index contributed by atoms with van der Waals surface area (Å²) in [5.74, 6) is 0. The molecule has 0 aromatic heterocycles. The Morgan fingerprint density at radius 3 is 1.24 bits per heavy atom. The minimum atomic E-state index is -3.78. The second kappa shape index (κ2) is 10.6. The molecular formula is C6H12CaO6S4. The smallest absolute Gasteiger partial charge is 0.619 e. The quantitative estimate of drug-likeness (QED) is 0.245. The van der Waals surface area contributed by atoms with E-state index in [1.54, 1.807) is 0 Å². The van der Waals surface area contributed by atoms with Crippen molar-refractivity contribution in [3.63, 3.8) is 0 Å². The minimum absolute atomic E-state index is 0. The third kappa shape index (κ3) is 20.3. The zero-order chi connectivity index (χ0) is 12.7. The zero-order valence-corrected chi connectivity index (χ0v) is 14.5. The Labute approximate surface area is 142 Å². The molecule has 0 N–H and O–H groups in total. The molecule has 0 heterocycles. The molecule has 0 aliphatic heterocycles. The van der Waals surface area contributed by atoms with E-state index in [4.69, 9.17) is 0 Å². The van der Waals surface area contributed by atoms with Crippen LogP contribution in [0.1, 0.15) is 25.7 Å². The van der Waals surface area contributed by atoms with Gasteiger partial charge < -0.3 is 23.3 Å². The van der Waals surface area contributed by atoms with E-state index in [1.807, 2.05) is 0 Å². The molecule has 0 aromatic carbocycles. The summed E-state index contributed by atoms with van der Waals surface area (Å²) in [4.78, 5) is 0. The molecule has 17 heavy (non-hydrogen) atoms. The first-order valence-electron chi connectivity index (χ1n) is 4.41. The summed E-state index contributed by atoms with van der Waals surface area (Å²) < 4.78 is 50.2. The third-order valence-corrected chi connectivity index (χ3v) is 2.98. The van der Waals surface area contributed by atoms with Crippen LogP contribution in [-0.2, 0) is 50.0 Å². The molecule has 0 unspecified atom stereocenters. The molecule has 0 aromatic rings. The maximum atomic E-state index is 10.4. The van der Waals surface area contributed by atoms with E-state index in [1.165, 1.54) is 0 Å². The summed E-state index contributed by atoms with van der Waals surface area (Å²) in [7, 11) is -7.55. The van der Waals surface area contributed by atoms with E-state index >= 15 is 0 Å². The van der Waals surface area contributed by atoms with Crippen molar-refractivity contribution < 1.29 is 25.2 Å². The Morgan fingerprint density at radius 1 is 0.706 bits per heavy atom. The standard InChI is InChI=1S/C6H14O6S4.Ca/c7-15(8,13)11-5-3-1-2-4-6-12-16(9,10)14;/h1-6H2,(H,7,8,13)(H,9,10,14);/q;+2/p-2. The summed E-state index contributed by atoms with van der Waals surface area (Å²) >= 11 is 7.99. The molecule has 0 rings (SSSR count). The molecule has 0 bridgehead atoms. The first-order chi connectivity index (χ1) is 7.21. The first-order valence-corrected chi connectivity index (χ1v) is 9.08. The molecule has 0 fully saturated rings. The van der Waals surface area contributed by atoms with Gasteiger partial charge in [-0.1, -0.05) is 12.8 Å². The van der Waals surface area contributed by atoms with Gasteiger partial charge in [-0.2, -0.15) is 0 Å². The maximum Gasteiger partial charge on any atom is 2.00 e. The largest absolute Gasteiger partial charge is 2.00 e. The van der Waals surface area contributed by atoms with Gasteiger partial charge in [0.2, 0.25) is 0 Å². The molecule has 0 aliphatic rings.